The van der Waals surface area contributed by atoms with Crippen LogP contribution in [0.2, 0.25) is 0 Å². The Bertz CT molecular complexity index is 1040. The molecule has 1 unspecified atom stereocenters. The van der Waals surface area contributed by atoms with Crippen molar-refractivity contribution in [3.63, 3.8) is 0 Å². The zero-order valence-electron chi connectivity index (χ0n) is 21.9. The summed E-state index contributed by atoms with van der Waals surface area (Å²) in [4.78, 5) is 22.7. The summed E-state index contributed by atoms with van der Waals surface area (Å²) in [7, 11) is 1.63. The summed E-state index contributed by atoms with van der Waals surface area (Å²) in [6, 6.07) is 0. The number of nitrogens with zero attached hydrogens (tertiary/aromatic N) is 3. The van der Waals surface area contributed by atoms with Gasteiger partial charge in [0.15, 0.2) is 0 Å². The number of rotatable bonds is 11. The number of anilines is 1. The second-order valence-electron chi connectivity index (χ2n) is 9.15. The van der Waals surface area contributed by atoms with Crippen LogP contribution in [0.4, 0.5) is 10.6 Å². The Morgan fingerprint density at radius 1 is 1.30 bits per heavy atom. The van der Waals surface area contributed by atoms with Gasteiger partial charge in [-0.2, -0.15) is 0 Å². The minimum atomic E-state index is -0.190. The average molecular weight is 596 g/mol. The molecule has 1 N–H and O–H groups in total. The predicted molar refractivity (Wildman–Crippen MR) is 151 cm³/mol. The van der Waals surface area contributed by atoms with Crippen LogP contribution in [0.1, 0.15) is 44.9 Å². The number of carbonyl (C=O) groups excluding carboxylic acids is 1. The highest BCUT2D eigenvalue weighted by Gasteiger charge is 2.42. The second kappa shape index (κ2) is 14.4. The first-order valence-electron chi connectivity index (χ1n) is 12.5. The molecular weight excluding hydrogens is 560 g/mol. The van der Waals surface area contributed by atoms with E-state index in [1.165, 1.54) is 6.33 Å². The molecule has 202 valence electrons. The maximum absolute atomic E-state index is 12.0. The maximum atomic E-state index is 12.0. The molecule has 2 fully saturated rings. The molecule has 0 radical (unpaired) electrons. The highest BCUT2D eigenvalue weighted by molar-refractivity contribution is 9.12. The quantitative estimate of drug-likeness (QED) is 0.233. The zero-order valence-corrected chi connectivity index (χ0v) is 24.2. The molecule has 2 aliphatic rings. The minimum Gasteiger partial charge on any atom is -0.501 e. The Kier molecular flexibility index (Phi) is 11.3. The van der Waals surface area contributed by atoms with E-state index < -0.39 is 0 Å². The lowest BCUT2D eigenvalue weighted by Gasteiger charge is -2.18. The van der Waals surface area contributed by atoms with E-state index in [1.807, 2.05) is 50.0 Å². The number of hydrogen-bond acceptors (Lipinski definition) is 7. The van der Waals surface area contributed by atoms with Crippen molar-refractivity contribution < 1.29 is 19.0 Å². The van der Waals surface area contributed by atoms with Gasteiger partial charge in [0.25, 0.3) is 0 Å². The lowest BCUT2D eigenvalue weighted by molar-refractivity contribution is 0.111. The van der Waals surface area contributed by atoms with E-state index in [4.69, 9.17) is 25.8 Å². The molecule has 1 aromatic rings. The summed E-state index contributed by atoms with van der Waals surface area (Å²) < 4.78 is 17.3. The smallest absolute Gasteiger partial charge is 0.409 e. The lowest BCUT2D eigenvalue weighted by Crippen LogP contribution is -2.30. The van der Waals surface area contributed by atoms with Crippen molar-refractivity contribution in [2.24, 2.45) is 17.8 Å². The third-order valence-electron chi connectivity index (χ3n) is 6.65. The van der Waals surface area contributed by atoms with Gasteiger partial charge in [-0.1, -0.05) is 17.7 Å². The third-order valence-corrected chi connectivity index (χ3v) is 8.12. The van der Waals surface area contributed by atoms with Crippen LogP contribution in [0.3, 0.4) is 0 Å². The Hall–Kier alpha value is -2.52. The Morgan fingerprint density at radius 2 is 2.03 bits per heavy atom. The standard InChI is InChI=1S/C27H36BrClN4O4/c1-5-23(28)24(29)7-9-30-26-22(11-18(3)35-4)25(31-17-32-26)8-10-36-16-19-12-20-14-33(15-21(20)13-19)27(34)37-6-2/h5,7-8,10-11,17,19-21H,6,9,12-16H2,1-4H3,(H,30,31,32)/b10-8+,18-11+,23-5+,24-7+/t19?,20-,21+. The van der Waals surface area contributed by atoms with Gasteiger partial charge in [-0.3, -0.25) is 0 Å². The van der Waals surface area contributed by atoms with Crippen molar-refractivity contribution in [2.45, 2.75) is 33.6 Å². The fourth-order valence-corrected chi connectivity index (χ4v) is 5.14. The number of fused-ring (bicyclic) bond motifs is 1. The van der Waals surface area contributed by atoms with Gasteiger partial charge in [0, 0.05) is 29.7 Å². The number of carbonyl (C=O) groups is 1. The van der Waals surface area contributed by atoms with E-state index >= 15 is 0 Å². The number of amides is 1. The van der Waals surface area contributed by atoms with E-state index in [9.17, 15) is 4.79 Å². The van der Waals surface area contributed by atoms with Gasteiger partial charge in [-0.05, 0) is 85.5 Å². The van der Waals surface area contributed by atoms with Crippen LogP contribution in [0.25, 0.3) is 12.2 Å². The topological polar surface area (TPSA) is 85.8 Å². The third kappa shape index (κ3) is 8.23. The highest BCUT2D eigenvalue weighted by atomic mass is 79.9. The molecule has 10 heteroatoms. The van der Waals surface area contributed by atoms with Crippen LogP contribution in [-0.2, 0) is 14.2 Å². The van der Waals surface area contributed by atoms with E-state index in [1.54, 1.807) is 13.4 Å². The fraction of sp³-hybridized carbons (Fsp3) is 0.519. The molecule has 0 bridgehead atoms. The number of hydrogen-bond donors (Lipinski definition) is 1. The second-order valence-corrected chi connectivity index (χ2v) is 10.4. The van der Waals surface area contributed by atoms with Gasteiger partial charge in [-0.25, -0.2) is 14.8 Å². The van der Waals surface area contributed by atoms with Gasteiger partial charge < -0.3 is 24.4 Å². The van der Waals surface area contributed by atoms with Crippen LogP contribution in [-0.4, -0.2) is 60.9 Å². The summed E-state index contributed by atoms with van der Waals surface area (Å²) >= 11 is 9.69. The first-order chi connectivity index (χ1) is 17.9. The number of halogens is 2. The Balaban J connectivity index is 1.59. The predicted octanol–water partition coefficient (Wildman–Crippen LogP) is 6.42. The first-order valence-corrected chi connectivity index (χ1v) is 13.7. The van der Waals surface area contributed by atoms with E-state index in [2.05, 4.69) is 31.2 Å². The molecule has 0 spiro atoms. The first kappa shape index (κ1) is 29.0. The normalized spacial score (nSPS) is 22.4. The molecule has 37 heavy (non-hydrogen) atoms. The van der Waals surface area contributed by atoms with E-state index in [0.29, 0.717) is 54.1 Å². The number of nitrogens with one attached hydrogen (secondary N) is 1. The molecule has 0 aromatic carbocycles. The summed E-state index contributed by atoms with van der Waals surface area (Å²) in [6.45, 7) is 8.74. The summed E-state index contributed by atoms with van der Waals surface area (Å²) in [5.74, 6) is 2.94. The summed E-state index contributed by atoms with van der Waals surface area (Å²) in [5, 5.41) is 3.92. The number of aromatic nitrogens is 2. The van der Waals surface area contributed by atoms with Gasteiger partial charge in [0.05, 0.1) is 43.1 Å². The van der Waals surface area contributed by atoms with Crippen molar-refractivity contribution in [3.8, 4) is 0 Å². The van der Waals surface area contributed by atoms with Crippen molar-refractivity contribution >= 4 is 51.6 Å². The Morgan fingerprint density at radius 3 is 2.68 bits per heavy atom. The van der Waals surface area contributed by atoms with Crippen LogP contribution in [0.5, 0.6) is 0 Å². The van der Waals surface area contributed by atoms with Crippen molar-refractivity contribution in [3.05, 3.63) is 51.3 Å². The Labute approximate surface area is 232 Å². The highest BCUT2D eigenvalue weighted by Crippen LogP contribution is 2.41. The van der Waals surface area contributed by atoms with Gasteiger partial charge in [-0.15, -0.1) is 0 Å². The minimum absolute atomic E-state index is 0.190. The molecule has 8 nitrogen and oxygen atoms in total. The van der Waals surface area contributed by atoms with E-state index in [0.717, 1.165) is 41.7 Å². The van der Waals surface area contributed by atoms with Crippen molar-refractivity contribution in [2.75, 3.05) is 45.3 Å². The van der Waals surface area contributed by atoms with Crippen molar-refractivity contribution in [1.29, 1.82) is 0 Å². The van der Waals surface area contributed by atoms with E-state index in [-0.39, 0.29) is 6.09 Å². The van der Waals surface area contributed by atoms with Crippen LogP contribution >= 0.6 is 27.5 Å². The number of allylic oxidation sites excluding steroid dienone is 4. The van der Waals surface area contributed by atoms with Gasteiger partial charge in [0.1, 0.15) is 12.1 Å². The largest absolute Gasteiger partial charge is 0.501 e. The van der Waals surface area contributed by atoms with Crippen LogP contribution in [0.15, 0.2) is 40.0 Å². The molecule has 3 atom stereocenters. The number of likely N-dealkylation sites (tertiary alicyclic amines) is 1. The lowest BCUT2D eigenvalue weighted by atomic mass is 10.0. The zero-order chi connectivity index (χ0) is 26.8. The molecule has 1 amide bonds. The fourth-order valence-electron chi connectivity index (χ4n) is 4.79. The average Bonchev–Trinajstić information content (AvgIpc) is 3.46. The molecule has 2 heterocycles. The number of methoxy groups -OCH3 is 1. The molecule has 1 aliphatic heterocycles. The van der Waals surface area contributed by atoms with Crippen molar-refractivity contribution in [1.82, 2.24) is 14.9 Å². The van der Waals surface area contributed by atoms with Gasteiger partial charge >= 0.3 is 6.09 Å². The molecule has 1 saturated carbocycles. The van der Waals surface area contributed by atoms with Crippen LogP contribution in [0, 0.1) is 17.8 Å². The van der Waals surface area contributed by atoms with Crippen LogP contribution < -0.4 is 5.32 Å². The SMILES string of the molecule is C/C=C(Br)\C(Cl)=C/CNc1ncnc(/C=C/OCC2C[C@@H]3CN(C(=O)OCC)C[C@@H]3C2)c1/C=C(\C)OC. The summed E-state index contributed by atoms with van der Waals surface area (Å²) in [6.07, 6.45) is 12.6. The summed E-state index contributed by atoms with van der Waals surface area (Å²) in [5.41, 5.74) is 1.51. The monoisotopic (exact) mass is 594 g/mol. The van der Waals surface area contributed by atoms with Gasteiger partial charge in [0.2, 0.25) is 0 Å². The molecule has 3 rings (SSSR count). The molecule has 1 aromatic heterocycles. The molecule has 1 saturated heterocycles. The molecule has 1 aliphatic carbocycles. The number of ether oxygens (including phenoxy) is 3. The maximum Gasteiger partial charge on any atom is 0.409 e. The molecular formula is C27H36BrClN4O4.